The number of fused-ring (bicyclic) bond motifs is 2. The van der Waals surface area contributed by atoms with E-state index in [-0.39, 0.29) is 0 Å². The molecule has 4 nitrogen and oxygen atoms in total. The van der Waals surface area contributed by atoms with E-state index < -0.39 is 0 Å². The molecule has 0 amide bonds. The van der Waals surface area contributed by atoms with Gasteiger partial charge in [-0.3, -0.25) is 4.90 Å². The Kier molecular flexibility index (Phi) is 5.54. The van der Waals surface area contributed by atoms with Gasteiger partial charge in [0.25, 0.3) is 0 Å². The van der Waals surface area contributed by atoms with Crippen molar-refractivity contribution in [3.63, 3.8) is 0 Å². The molecule has 0 saturated carbocycles. The minimum Gasteiger partial charge on any atom is -0.311 e. The molecule has 0 aromatic rings. The normalized spacial score (nSPS) is 34.7. The SMILES string of the molecule is CN(C)CCN1CCN(CCC2CC3CCC(C2)N3)CC1. The summed E-state index contributed by atoms with van der Waals surface area (Å²) in [6.45, 7) is 8.87. The van der Waals surface area contributed by atoms with Gasteiger partial charge in [0.1, 0.15) is 0 Å². The van der Waals surface area contributed by atoms with Gasteiger partial charge >= 0.3 is 0 Å². The van der Waals surface area contributed by atoms with Crippen LogP contribution in [-0.2, 0) is 0 Å². The number of nitrogens with one attached hydrogen (secondary N) is 1. The van der Waals surface area contributed by atoms with Gasteiger partial charge in [-0.1, -0.05) is 0 Å². The van der Waals surface area contributed by atoms with Crippen LogP contribution in [0.3, 0.4) is 0 Å². The quantitative estimate of drug-likeness (QED) is 0.791. The van der Waals surface area contributed by atoms with Crippen LogP contribution in [0.2, 0.25) is 0 Å². The van der Waals surface area contributed by atoms with E-state index in [0.29, 0.717) is 0 Å². The van der Waals surface area contributed by atoms with E-state index in [0.717, 1.165) is 18.0 Å². The van der Waals surface area contributed by atoms with Gasteiger partial charge in [-0.05, 0) is 58.7 Å². The summed E-state index contributed by atoms with van der Waals surface area (Å²) in [5.74, 6) is 0.996. The van der Waals surface area contributed by atoms with Crippen molar-refractivity contribution in [3.8, 4) is 0 Å². The van der Waals surface area contributed by atoms with Crippen molar-refractivity contribution >= 4 is 0 Å². The Bertz CT molecular complexity index is 300. The highest BCUT2D eigenvalue weighted by Gasteiger charge is 2.33. The van der Waals surface area contributed by atoms with E-state index in [4.69, 9.17) is 0 Å². The minimum atomic E-state index is 0.858. The summed E-state index contributed by atoms with van der Waals surface area (Å²) < 4.78 is 0. The van der Waals surface area contributed by atoms with Crippen molar-refractivity contribution in [2.45, 2.75) is 44.2 Å². The lowest BCUT2D eigenvalue weighted by Gasteiger charge is -2.36. The molecule has 3 rings (SSSR count). The summed E-state index contributed by atoms with van der Waals surface area (Å²) in [5.41, 5.74) is 0. The van der Waals surface area contributed by atoms with E-state index in [1.165, 1.54) is 77.9 Å². The molecular formula is C17H34N4. The summed E-state index contributed by atoms with van der Waals surface area (Å²) in [6, 6.07) is 1.72. The summed E-state index contributed by atoms with van der Waals surface area (Å²) >= 11 is 0. The Morgan fingerprint density at radius 3 is 2.05 bits per heavy atom. The number of likely N-dealkylation sites (N-methyl/N-ethyl adjacent to an activating group) is 1. The molecule has 4 heteroatoms. The Morgan fingerprint density at radius 1 is 0.905 bits per heavy atom. The van der Waals surface area contributed by atoms with Crippen LogP contribution in [0.25, 0.3) is 0 Å². The first-order valence-electron chi connectivity index (χ1n) is 9.04. The van der Waals surface area contributed by atoms with E-state index in [1.807, 2.05) is 0 Å². The maximum atomic E-state index is 3.76. The second-order valence-corrected chi connectivity index (χ2v) is 7.75. The number of hydrogen-bond acceptors (Lipinski definition) is 4. The fraction of sp³-hybridized carbons (Fsp3) is 1.00. The third-order valence-electron chi connectivity index (χ3n) is 5.75. The molecule has 122 valence electrons. The van der Waals surface area contributed by atoms with Crippen LogP contribution in [-0.4, -0.2) is 86.7 Å². The number of piperazine rings is 1. The van der Waals surface area contributed by atoms with Crippen LogP contribution in [0.4, 0.5) is 0 Å². The molecule has 2 atom stereocenters. The molecule has 0 aliphatic carbocycles. The van der Waals surface area contributed by atoms with Crippen LogP contribution >= 0.6 is 0 Å². The van der Waals surface area contributed by atoms with Gasteiger partial charge in [0.2, 0.25) is 0 Å². The van der Waals surface area contributed by atoms with Crippen molar-refractivity contribution in [2.75, 3.05) is 59.9 Å². The second-order valence-electron chi connectivity index (χ2n) is 7.75. The average molecular weight is 294 g/mol. The highest BCUT2D eigenvalue weighted by Crippen LogP contribution is 2.32. The first kappa shape index (κ1) is 15.7. The van der Waals surface area contributed by atoms with Gasteiger partial charge in [-0.25, -0.2) is 0 Å². The highest BCUT2D eigenvalue weighted by molar-refractivity contribution is 4.92. The molecule has 3 heterocycles. The summed E-state index contributed by atoms with van der Waals surface area (Å²) in [7, 11) is 4.34. The molecule has 2 bridgehead atoms. The van der Waals surface area contributed by atoms with Crippen LogP contribution in [0.15, 0.2) is 0 Å². The zero-order valence-electron chi connectivity index (χ0n) is 14.1. The molecule has 0 spiro atoms. The second kappa shape index (κ2) is 7.40. The van der Waals surface area contributed by atoms with Gasteiger partial charge in [0.15, 0.2) is 0 Å². The Hall–Kier alpha value is -0.160. The van der Waals surface area contributed by atoms with Gasteiger partial charge in [-0.15, -0.1) is 0 Å². The zero-order valence-corrected chi connectivity index (χ0v) is 14.1. The third-order valence-corrected chi connectivity index (χ3v) is 5.75. The summed E-state index contributed by atoms with van der Waals surface area (Å²) in [5, 5.41) is 3.76. The Balaban J connectivity index is 1.31. The maximum Gasteiger partial charge on any atom is 0.0110 e. The van der Waals surface area contributed by atoms with E-state index in [9.17, 15) is 0 Å². The molecule has 3 fully saturated rings. The molecule has 0 aromatic heterocycles. The number of piperidine rings is 1. The van der Waals surface area contributed by atoms with Gasteiger partial charge in [-0.2, -0.15) is 0 Å². The van der Waals surface area contributed by atoms with E-state index >= 15 is 0 Å². The molecular weight excluding hydrogens is 260 g/mol. The van der Waals surface area contributed by atoms with Crippen LogP contribution < -0.4 is 5.32 Å². The van der Waals surface area contributed by atoms with Crippen LogP contribution in [0.5, 0.6) is 0 Å². The predicted octanol–water partition coefficient (Wildman–Crippen LogP) is 1.09. The first-order chi connectivity index (χ1) is 10.2. The average Bonchev–Trinajstić information content (AvgIpc) is 2.83. The lowest BCUT2D eigenvalue weighted by atomic mass is 9.89. The summed E-state index contributed by atoms with van der Waals surface area (Å²) in [6.07, 6.45) is 7.20. The molecule has 3 aliphatic heterocycles. The molecule has 0 radical (unpaired) electrons. The molecule has 21 heavy (non-hydrogen) atoms. The van der Waals surface area contributed by atoms with Gasteiger partial charge < -0.3 is 15.1 Å². The van der Waals surface area contributed by atoms with Crippen molar-refractivity contribution in [3.05, 3.63) is 0 Å². The van der Waals surface area contributed by atoms with Crippen molar-refractivity contribution < 1.29 is 0 Å². The van der Waals surface area contributed by atoms with Crippen molar-refractivity contribution in [2.24, 2.45) is 5.92 Å². The molecule has 0 aromatic carbocycles. The topological polar surface area (TPSA) is 21.8 Å². The fourth-order valence-corrected chi connectivity index (χ4v) is 4.35. The maximum absolute atomic E-state index is 3.76. The number of hydrogen-bond donors (Lipinski definition) is 1. The minimum absolute atomic E-state index is 0.858. The lowest BCUT2D eigenvalue weighted by molar-refractivity contribution is 0.116. The Morgan fingerprint density at radius 2 is 1.48 bits per heavy atom. The van der Waals surface area contributed by atoms with E-state index in [2.05, 4.69) is 34.1 Å². The largest absolute Gasteiger partial charge is 0.311 e. The van der Waals surface area contributed by atoms with Gasteiger partial charge in [0, 0.05) is 51.4 Å². The van der Waals surface area contributed by atoms with Crippen molar-refractivity contribution in [1.82, 2.24) is 20.0 Å². The first-order valence-corrected chi connectivity index (χ1v) is 9.04. The van der Waals surface area contributed by atoms with Crippen LogP contribution in [0, 0.1) is 5.92 Å². The van der Waals surface area contributed by atoms with Crippen molar-refractivity contribution in [1.29, 1.82) is 0 Å². The monoisotopic (exact) mass is 294 g/mol. The smallest absolute Gasteiger partial charge is 0.0110 e. The number of rotatable bonds is 6. The zero-order chi connectivity index (χ0) is 14.7. The van der Waals surface area contributed by atoms with Gasteiger partial charge in [0.05, 0.1) is 0 Å². The number of nitrogens with zero attached hydrogens (tertiary/aromatic N) is 3. The summed E-state index contributed by atoms with van der Waals surface area (Å²) in [4.78, 5) is 7.62. The molecule has 3 saturated heterocycles. The fourth-order valence-electron chi connectivity index (χ4n) is 4.35. The van der Waals surface area contributed by atoms with E-state index in [1.54, 1.807) is 0 Å². The standard InChI is InChI=1S/C17H34N4/c1-19(2)7-8-21-11-9-20(10-12-21)6-5-15-13-16-3-4-17(14-15)18-16/h15-18H,3-14H2,1-2H3. The van der Waals surface area contributed by atoms with Crippen LogP contribution in [0.1, 0.15) is 32.1 Å². The molecule has 2 unspecified atom stereocenters. The third kappa shape index (κ3) is 4.65. The Labute approximate surface area is 130 Å². The highest BCUT2D eigenvalue weighted by atomic mass is 15.3. The predicted molar refractivity (Wildman–Crippen MR) is 88.7 cm³/mol. The molecule has 3 aliphatic rings. The lowest BCUT2D eigenvalue weighted by Crippen LogP contribution is -2.48. The molecule has 1 N–H and O–H groups in total.